The van der Waals surface area contributed by atoms with Crippen molar-refractivity contribution < 1.29 is 0 Å². The summed E-state index contributed by atoms with van der Waals surface area (Å²) in [7, 11) is 0. The Kier molecular flexibility index (Phi) is 7.47. The zero-order valence-corrected chi connectivity index (χ0v) is 32.6. The van der Waals surface area contributed by atoms with E-state index in [2.05, 4.69) is 192 Å². The summed E-state index contributed by atoms with van der Waals surface area (Å²) in [5.74, 6) is 0. The van der Waals surface area contributed by atoms with Crippen molar-refractivity contribution in [3.63, 3.8) is 0 Å². The van der Waals surface area contributed by atoms with Crippen LogP contribution in [0.1, 0.15) is 5.56 Å². The van der Waals surface area contributed by atoms with Crippen molar-refractivity contribution in [1.29, 1.82) is 5.26 Å². The second-order valence-electron chi connectivity index (χ2n) is 15.2. The molecule has 0 N–H and O–H groups in total. The summed E-state index contributed by atoms with van der Waals surface area (Å²) >= 11 is 1.83. The van der Waals surface area contributed by atoms with Crippen LogP contribution in [0.25, 0.3) is 74.7 Å². The number of rotatable bonds is 5. The van der Waals surface area contributed by atoms with E-state index in [1.807, 2.05) is 35.6 Å². The van der Waals surface area contributed by atoms with Crippen LogP contribution >= 0.6 is 11.3 Å². The van der Waals surface area contributed by atoms with Crippen LogP contribution in [0.2, 0.25) is 0 Å². The van der Waals surface area contributed by atoms with Crippen LogP contribution in [0.4, 0.5) is 34.1 Å². The molecule has 0 fully saturated rings. The molecule has 0 radical (unpaired) electrons. The Morgan fingerprint density at radius 3 is 1.85 bits per heavy atom. The first-order chi connectivity index (χ1) is 29.2. The molecule has 59 heavy (non-hydrogen) atoms. The molecule has 274 valence electrons. The molecule has 0 saturated carbocycles. The van der Waals surface area contributed by atoms with Crippen LogP contribution < -0.4 is 9.80 Å². The Hall–Kier alpha value is -7.71. The number of benzene rings is 10. The number of hydrogen-bond acceptors (Lipinski definition) is 4. The molecule has 0 atom stereocenters. The SMILES string of the molecule is N#Cc1ccc(N(c2ccc(-c3ccc4c(c3)N(c3cccc5ccccc35)c3cccc5cccc-4c35)cc2)c2ccc3c(c2)sc2ccc4ccccc4c23)cc1. The zero-order chi connectivity index (χ0) is 39.0. The topological polar surface area (TPSA) is 30.3 Å². The molecule has 0 saturated heterocycles. The number of hydrogen-bond donors (Lipinski definition) is 0. The summed E-state index contributed by atoms with van der Waals surface area (Å²) in [4.78, 5) is 4.75. The van der Waals surface area contributed by atoms with Gasteiger partial charge in [-0.05, 0) is 111 Å². The molecule has 0 unspecified atom stereocenters. The molecular formula is C55H33N3S. The minimum absolute atomic E-state index is 0.639. The normalized spacial score (nSPS) is 12.0. The van der Waals surface area contributed by atoms with Crippen LogP contribution in [-0.4, -0.2) is 0 Å². The molecule has 11 aromatic rings. The van der Waals surface area contributed by atoms with Crippen molar-refractivity contribution in [1.82, 2.24) is 0 Å². The largest absolute Gasteiger partial charge is 0.310 e. The quantitative estimate of drug-likeness (QED) is 0.175. The van der Waals surface area contributed by atoms with Crippen LogP contribution in [-0.2, 0) is 0 Å². The molecule has 0 aliphatic carbocycles. The first-order valence-corrected chi connectivity index (χ1v) is 20.7. The first-order valence-electron chi connectivity index (χ1n) is 19.9. The highest BCUT2D eigenvalue weighted by Gasteiger charge is 2.27. The molecular weight excluding hydrogens is 735 g/mol. The van der Waals surface area contributed by atoms with Gasteiger partial charge in [0.05, 0.1) is 28.7 Å². The Morgan fingerprint density at radius 1 is 0.407 bits per heavy atom. The van der Waals surface area contributed by atoms with Crippen molar-refractivity contribution in [2.45, 2.75) is 0 Å². The Labute approximate surface area is 345 Å². The van der Waals surface area contributed by atoms with E-state index in [0.29, 0.717) is 5.56 Å². The molecule has 0 spiro atoms. The summed E-state index contributed by atoms with van der Waals surface area (Å²) in [5.41, 5.74) is 12.0. The lowest BCUT2D eigenvalue weighted by atomic mass is 9.89. The second-order valence-corrected chi connectivity index (χ2v) is 16.3. The maximum Gasteiger partial charge on any atom is 0.0991 e. The van der Waals surface area contributed by atoms with Gasteiger partial charge >= 0.3 is 0 Å². The van der Waals surface area contributed by atoms with Gasteiger partial charge in [0.15, 0.2) is 0 Å². The number of nitriles is 1. The number of nitrogens with zero attached hydrogens (tertiary/aromatic N) is 3. The summed E-state index contributed by atoms with van der Waals surface area (Å²) in [5, 5.41) is 19.7. The Bertz CT molecular complexity index is 3510. The minimum atomic E-state index is 0.639. The highest BCUT2D eigenvalue weighted by atomic mass is 32.1. The summed E-state index contributed by atoms with van der Waals surface area (Å²) in [6.07, 6.45) is 0. The number of thiophene rings is 1. The molecule has 10 aromatic carbocycles. The van der Waals surface area contributed by atoms with E-state index in [0.717, 1.165) is 33.9 Å². The summed E-state index contributed by atoms with van der Waals surface area (Å²) in [6, 6.07) is 74.5. The lowest BCUT2D eigenvalue weighted by Crippen LogP contribution is -2.15. The van der Waals surface area contributed by atoms with Crippen molar-refractivity contribution in [2.24, 2.45) is 0 Å². The van der Waals surface area contributed by atoms with Crippen LogP contribution in [0, 0.1) is 11.3 Å². The summed E-state index contributed by atoms with van der Waals surface area (Å²) < 4.78 is 2.53. The molecule has 0 bridgehead atoms. The van der Waals surface area contributed by atoms with Crippen molar-refractivity contribution in [3.05, 3.63) is 206 Å². The van der Waals surface area contributed by atoms with E-state index in [1.165, 1.54) is 75.0 Å². The van der Waals surface area contributed by atoms with Gasteiger partial charge in [-0.25, -0.2) is 0 Å². The fraction of sp³-hybridized carbons (Fsp3) is 0. The van der Waals surface area contributed by atoms with Gasteiger partial charge < -0.3 is 9.80 Å². The fourth-order valence-electron chi connectivity index (χ4n) is 9.26. The van der Waals surface area contributed by atoms with Gasteiger partial charge in [-0.1, -0.05) is 127 Å². The van der Waals surface area contributed by atoms with Gasteiger partial charge in [-0.3, -0.25) is 0 Å². The predicted molar refractivity (Wildman–Crippen MR) is 250 cm³/mol. The molecule has 12 rings (SSSR count). The van der Waals surface area contributed by atoms with Crippen LogP contribution in [0.15, 0.2) is 200 Å². The third-order valence-electron chi connectivity index (χ3n) is 12.0. The summed E-state index contributed by atoms with van der Waals surface area (Å²) in [6.45, 7) is 0. The van der Waals surface area contributed by atoms with Gasteiger partial charge in [0.2, 0.25) is 0 Å². The fourth-order valence-corrected chi connectivity index (χ4v) is 10.4. The lowest BCUT2D eigenvalue weighted by Gasteiger charge is -2.34. The molecule has 2 heterocycles. The molecule has 1 aromatic heterocycles. The van der Waals surface area contributed by atoms with Crippen molar-refractivity contribution in [2.75, 3.05) is 9.80 Å². The lowest BCUT2D eigenvalue weighted by molar-refractivity contribution is 1.28. The first kappa shape index (κ1) is 33.4. The van der Waals surface area contributed by atoms with Gasteiger partial charge in [-0.2, -0.15) is 5.26 Å². The van der Waals surface area contributed by atoms with E-state index in [4.69, 9.17) is 0 Å². The number of fused-ring (bicyclic) bond motifs is 8. The van der Waals surface area contributed by atoms with Crippen LogP contribution in [0.3, 0.4) is 0 Å². The van der Waals surface area contributed by atoms with E-state index >= 15 is 0 Å². The second kappa shape index (κ2) is 13.2. The highest BCUT2D eigenvalue weighted by Crippen LogP contribution is 2.53. The van der Waals surface area contributed by atoms with E-state index in [1.54, 1.807) is 0 Å². The third-order valence-corrected chi connectivity index (χ3v) is 13.1. The van der Waals surface area contributed by atoms with Gasteiger partial charge in [0.25, 0.3) is 0 Å². The van der Waals surface area contributed by atoms with E-state index in [-0.39, 0.29) is 0 Å². The molecule has 1 aliphatic rings. The maximum atomic E-state index is 9.63. The molecule has 4 heteroatoms. The number of anilines is 6. The Balaban J connectivity index is 0.986. The zero-order valence-electron chi connectivity index (χ0n) is 31.8. The Morgan fingerprint density at radius 2 is 1.05 bits per heavy atom. The molecule has 1 aliphatic heterocycles. The predicted octanol–water partition coefficient (Wildman–Crippen LogP) is 16.0. The van der Waals surface area contributed by atoms with Crippen molar-refractivity contribution >= 4 is 98.0 Å². The standard InChI is InChI=1S/C55H33N3S/c56-34-35-18-24-41(25-19-35)57(43-28-30-48-53(33-43)59-52-31-23-38-9-2-4-14-45(38)55(48)52)42-26-20-36(21-27-42)40-22-29-46-47-15-5-11-39-12-7-17-50(54(39)47)58(51(46)32-40)49-16-6-10-37-8-1-3-13-44(37)49/h1-33H. The van der Waals surface area contributed by atoms with E-state index in [9.17, 15) is 5.26 Å². The smallest absolute Gasteiger partial charge is 0.0991 e. The third kappa shape index (κ3) is 5.26. The average molecular weight is 768 g/mol. The van der Waals surface area contributed by atoms with Gasteiger partial charge in [0.1, 0.15) is 0 Å². The highest BCUT2D eigenvalue weighted by molar-refractivity contribution is 7.26. The van der Waals surface area contributed by atoms with Gasteiger partial charge in [0, 0.05) is 53.6 Å². The average Bonchev–Trinajstić information content (AvgIpc) is 3.68. The van der Waals surface area contributed by atoms with Gasteiger partial charge in [-0.15, -0.1) is 11.3 Å². The van der Waals surface area contributed by atoms with E-state index < -0.39 is 0 Å². The maximum absolute atomic E-state index is 9.63. The minimum Gasteiger partial charge on any atom is -0.310 e. The molecule has 0 amide bonds. The van der Waals surface area contributed by atoms with Crippen LogP contribution in [0.5, 0.6) is 0 Å². The van der Waals surface area contributed by atoms with Crippen molar-refractivity contribution in [3.8, 4) is 28.3 Å². The molecule has 3 nitrogen and oxygen atoms in total. The monoisotopic (exact) mass is 767 g/mol.